The minimum atomic E-state index is 0.108. The van der Waals surface area contributed by atoms with Crippen LogP contribution in [0.1, 0.15) is 31.2 Å². The number of allylic oxidation sites excluding steroid dienone is 1. The van der Waals surface area contributed by atoms with E-state index in [0.717, 1.165) is 54.7 Å². The molecule has 2 unspecified atom stereocenters. The van der Waals surface area contributed by atoms with Gasteiger partial charge in [0.05, 0.1) is 0 Å². The lowest BCUT2D eigenvalue weighted by Gasteiger charge is -2.29. The summed E-state index contributed by atoms with van der Waals surface area (Å²) in [4.78, 5) is 14.8. The average Bonchev–Trinajstić information content (AvgIpc) is 2.84. The Kier molecular flexibility index (Phi) is 4.39. The van der Waals surface area contributed by atoms with E-state index in [-0.39, 0.29) is 5.92 Å². The lowest BCUT2D eigenvalue weighted by molar-refractivity contribution is -0.133. The van der Waals surface area contributed by atoms with Crippen LogP contribution in [0, 0.1) is 5.92 Å². The van der Waals surface area contributed by atoms with Crippen LogP contribution in [0.3, 0.4) is 0 Å². The summed E-state index contributed by atoms with van der Waals surface area (Å²) >= 11 is 6.31. The van der Waals surface area contributed by atoms with E-state index in [1.165, 1.54) is 0 Å². The van der Waals surface area contributed by atoms with Gasteiger partial charge in [-0.2, -0.15) is 0 Å². The van der Waals surface area contributed by atoms with Gasteiger partial charge < -0.3 is 4.90 Å². The molecule has 2 atom stereocenters. The molecule has 21 heavy (non-hydrogen) atoms. The second-order valence-corrected chi connectivity index (χ2v) is 6.66. The van der Waals surface area contributed by atoms with Gasteiger partial charge in [-0.1, -0.05) is 41.3 Å². The molecule has 0 spiro atoms. The Labute approximate surface area is 132 Å². The van der Waals surface area contributed by atoms with Crippen molar-refractivity contribution in [2.75, 3.05) is 6.54 Å². The fourth-order valence-corrected chi connectivity index (χ4v) is 3.77. The molecular weight excluding hydrogens is 280 g/mol. The van der Waals surface area contributed by atoms with Crippen molar-refractivity contribution in [3.63, 3.8) is 0 Å². The molecular formula is C17H21BClNO. The predicted octanol–water partition coefficient (Wildman–Crippen LogP) is 2.10. The molecule has 1 heterocycles. The molecule has 1 aliphatic carbocycles. The molecule has 0 bridgehead atoms. The first-order valence-corrected chi connectivity index (χ1v) is 8.23. The van der Waals surface area contributed by atoms with Crippen LogP contribution in [0.5, 0.6) is 0 Å². The van der Waals surface area contributed by atoms with Gasteiger partial charge in [-0.3, -0.25) is 4.79 Å². The molecule has 1 aromatic rings. The Bertz CT molecular complexity index is 572. The fraction of sp³-hybridized carbons (Fsp3) is 0.471. The minimum Gasteiger partial charge on any atom is -0.339 e. The van der Waals surface area contributed by atoms with Crippen molar-refractivity contribution in [1.82, 2.24) is 4.90 Å². The van der Waals surface area contributed by atoms with Crippen LogP contribution < -0.4 is 5.46 Å². The van der Waals surface area contributed by atoms with E-state index in [2.05, 4.69) is 29.2 Å². The largest absolute Gasteiger partial charge is 0.339 e. The summed E-state index contributed by atoms with van der Waals surface area (Å²) in [5, 5.41) is 0.793. The summed E-state index contributed by atoms with van der Waals surface area (Å²) in [5.74, 6) is 0.433. The van der Waals surface area contributed by atoms with Gasteiger partial charge in [0.25, 0.3) is 0 Å². The molecule has 1 saturated heterocycles. The second-order valence-electron chi connectivity index (χ2n) is 6.25. The Morgan fingerprint density at radius 2 is 2.14 bits per heavy atom. The fourth-order valence-electron chi connectivity index (χ4n) is 3.46. The number of carbonyl (C=O) groups is 1. The van der Waals surface area contributed by atoms with E-state index < -0.39 is 0 Å². The van der Waals surface area contributed by atoms with Crippen molar-refractivity contribution in [2.24, 2.45) is 5.92 Å². The number of rotatable bonds is 3. The van der Waals surface area contributed by atoms with Crippen molar-refractivity contribution in [1.29, 1.82) is 0 Å². The maximum Gasteiger partial charge on any atom is 0.226 e. The number of hydrogen-bond acceptors (Lipinski definition) is 1. The Hall–Kier alpha value is -1.22. The van der Waals surface area contributed by atoms with Crippen molar-refractivity contribution in [2.45, 2.75) is 38.1 Å². The van der Waals surface area contributed by atoms with Crippen LogP contribution in [0.2, 0.25) is 5.02 Å². The zero-order valence-corrected chi connectivity index (χ0v) is 13.3. The number of carbonyl (C=O) groups excluding carboxylic acids is 1. The van der Waals surface area contributed by atoms with E-state index in [4.69, 9.17) is 11.6 Å². The average molecular weight is 302 g/mol. The molecule has 0 aromatic heterocycles. The summed E-state index contributed by atoms with van der Waals surface area (Å²) in [6.45, 7) is 0.908. The summed E-state index contributed by atoms with van der Waals surface area (Å²) < 4.78 is 0. The van der Waals surface area contributed by atoms with Gasteiger partial charge in [-0.05, 0) is 43.7 Å². The third kappa shape index (κ3) is 3.18. The lowest BCUT2D eigenvalue weighted by Crippen LogP contribution is -2.38. The highest BCUT2D eigenvalue weighted by molar-refractivity contribution is 6.36. The predicted molar refractivity (Wildman–Crippen MR) is 89.9 cm³/mol. The van der Waals surface area contributed by atoms with Crippen LogP contribution in [0.15, 0.2) is 30.4 Å². The van der Waals surface area contributed by atoms with Crippen molar-refractivity contribution < 1.29 is 4.79 Å². The van der Waals surface area contributed by atoms with Crippen LogP contribution >= 0.6 is 11.6 Å². The van der Waals surface area contributed by atoms with Gasteiger partial charge in [-0.25, -0.2) is 0 Å². The van der Waals surface area contributed by atoms with Gasteiger partial charge in [-0.15, -0.1) is 0 Å². The van der Waals surface area contributed by atoms with Gasteiger partial charge in [0.15, 0.2) is 0 Å². The maximum atomic E-state index is 12.6. The van der Waals surface area contributed by atoms with Gasteiger partial charge in [0, 0.05) is 23.5 Å². The summed E-state index contributed by atoms with van der Waals surface area (Å²) in [6, 6.07) is 6.54. The highest BCUT2D eigenvalue weighted by Gasteiger charge is 2.35. The van der Waals surface area contributed by atoms with Gasteiger partial charge >= 0.3 is 0 Å². The molecule has 0 N–H and O–H groups in total. The maximum absolute atomic E-state index is 12.6. The topological polar surface area (TPSA) is 20.3 Å². The molecule has 2 nitrogen and oxygen atoms in total. The summed E-state index contributed by atoms with van der Waals surface area (Å²) in [7, 11) is 2.04. The van der Waals surface area contributed by atoms with Crippen molar-refractivity contribution in [3.05, 3.63) is 40.9 Å². The van der Waals surface area contributed by atoms with E-state index in [1.807, 2.05) is 13.9 Å². The highest BCUT2D eigenvalue weighted by Crippen LogP contribution is 2.29. The molecule has 3 rings (SSSR count). The molecule has 0 saturated carbocycles. The number of halogens is 1. The minimum absolute atomic E-state index is 0.108. The van der Waals surface area contributed by atoms with Crippen LogP contribution in [-0.4, -0.2) is 31.2 Å². The second kappa shape index (κ2) is 6.27. The van der Waals surface area contributed by atoms with E-state index in [1.54, 1.807) is 0 Å². The smallest absolute Gasteiger partial charge is 0.226 e. The molecule has 1 amide bonds. The Morgan fingerprint density at radius 1 is 1.29 bits per heavy atom. The van der Waals surface area contributed by atoms with E-state index in [0.29, 0.717) is 11.9 Å². The molecule has 110 valence electrons. The molecule has 1 aliphatic heterocycles. The van der Waals surface area contributed by atoms with Gasteiger partial charge in [0.2, 0.25) is 5.91 Å². The monoisotopic (exact) mass is 301 g/mol. The first kappa shape index (κ1) is 14.7. The highest BCUT2D eigenvalue weighted by atomic mass is 35.5. The van der Waals surface area contributed by atoms with E-state index in [9.17, 15) is 4.79 Å². The van der Waals surface area contributed by atoms with E-state index >= 15 is 0 Å². The Balaban J connectivity index is 1.67. The van der Waals surface area contributed by atoms with Gasteiger partial charge in [0.1, 0.15) is 7.85 Å². The summed E-state index contributed by atoms with van der Waals surface area (Å²) in [5.41, 5.74) is 2.27. The van der Waals surface area contributed by atoms with Crippen LogP contribution in [0.25, 0.3) is 0 Å². The first-order valence-electron chi connectivity index (χ1n) is 7.85. The molecule has 0 radical (unpaired) electrons. The normalized spacial score (nSPS) is 25.6. The third-order valence-electron chi connectivity index (χ3n) is 4.71. The number of hydrogen-bond donors (Lipinski definition) is 0. The molecule has 1 fully saturated rings. The molecule has 4 heteroatoms. The van der Waals surface area contributed by atoms with Crippen LogP contribution in [0.4, 0.5) is 0 Å². The molecule has 1 aromatic carbocycles. The van der Waals surface area contributed by atoms with Crippen LogP contribution in [-0.2, 0) is 11.2 Å². The lowest BCUT2D eigenvalue weighted by atomic mass is 9.92. The summed E-state index contributed by atoms with van der Waals surface area (Å²) in [6.07, 6.45) is 9.40. The number of nitrogens with zero attached hydrogens (tertiary/aromatic N) is 1. The number of amides is 1. The SMILES string of the molecule is Bc1ccc(CC2CCN(C3CC=CCC3)C2=O)c(Cl)c1. The zero-order valence-electron chi connectivity index (χ0n) is 12.5. The third-order valence-corrected chi connectivity index (χ3v) is 5.06. The quantitative estimate of drug-likeness (QED) is 0.618. The van der Waals surface area contributed by atoms with Crippen molar-refractivity contribution in [3.8, 4) is 0 Å². The molecule has 2 aliphatic rings. The number of benzene rings is 1. The number of likely N-dealkylation sites (tertiary alicyclic amines) is 1. The van der Waals surface area contributed by atoms with Crippen molar-refractivity contribution >= 4 is 30.8 Å². The first-order chi connectivity index (χ1) is 10.1. The zero-order chi connectivity index (χ0) is 14.8. The Morgan fingerprint density at radius 3 is 2.86 bits per heavy atom. The standard InChI is InChI=1S/C17H21BClNO/c18-14-7-6-12(16(19)11-14)10-13-8-9-20(17(13)21)15-4-2-1-3-5-15/h1-2,6-7,11,13,15H,3-5,8-10,18H2.